The smallest absolute Gasteiger partial charge is 0.392 e. The molecule has 1 aromatic rings. The largest absolute Gasteiger partial charge is 0.416 e. The Balaban J connectivity index is 2.84. The lowest BCUT2D eigenvalue weighted by molar-refractivity contribution is -0.137. The fourth-order valence-electron chi connectivity index (χ4n) is 2.00. The molecule has 3 nitrogen and oxygen atoms in total. The molecule has 0 aliphatic carbocycles. The van der Waals surface area contributed by atoms with Crippen LogP contribution in [0, 0.1) is 11.3 Å². The number of carbonyl (C=O) groups is 1. The third-order valence-electron chi connectivity index (χ3n) is 3.43. The third-order valence-corrected chi connectivity index (χ3v) is 3.43. The molecule has 118 valence electrons. The molecule has 0 heterocycles. The zero-order chi connectivity index (χ0) is 16.4. The van der Waals surface area contributed by atoms with Crippen LogP contribution in [0.5, 0.6) is 0 Å². The highest BCUT2D eigenvalue weighted by atomic mass is 19.4. The van der Waals surface area contributed by atoms with Crippen LogP contribution >= 0.6 is 0 Å². The molecule has 1 amide bonds. The normalized spacial score (nSPS) is 14.1. The van der Waals surface area contributed by atoms with Crippen LogP contribution in [-0.4, -0.2) is 17.1 Å². The molecule has 0 fully saturated rings. The first-order valence-electron chi connectivity index (χ1n) is 6.63. The van der Waals surface area contributed by atoms with Gasteiger partial charge in [-0.25, -0.2) is 0 Å². The van der Waals surface area contributed by atoms with Gasteiger partial charge in [0.25, 0.3) is 0 Å². The van der Waals surface area contributed by atoms with Crippen molar-refractivity contribution >= 4 is 11.6 Å². The molecule has 0 radical (unpaired) electrons. The number of carbonyl (C=O) groups excluding carboxylic acids is 1. The third kappa shape index (κ3) is 4.20. The first-order chi connectivity index (χ1) is 9.46. The molecule has 21 heavy (non-hydrogen) atoms. The number of aliphatic hydroxyl groups is 1. The van der Waals surface area contributed by atoms with Crippen molar-refractivity contribution in [2.24, 2.45) is 11.3 Å². The molecule has 1 atom stereocenters. The number of amides is 1. The number of hydrogen-bond acceptors (Lipinski definition) is 2. The van der Waals surface area contributed by atoms with Crippen molar-refractivity contribution in [3.8, 4) is 0 Å². The van der Waals surface area contributed by atoms with Crippen molar-refractivity contribution < 1.29 is 23.1 Å². The summed E-state index contributed by atoms with van der Waals surface area (Å²) in [4.78, 5) is 12.2. The van der Waals surface area contributed by atoms with E-state index in [-0.39, 0.29) is 11.6 Å². The van der Waals surface area contributed by atoms with Gasteiger partial charge in [-0.2, -0.15) is 13.2 Å². The van der Waals surface area contributed by atoms with E-state index in [1.165, 1.54) is 12.1 Å². The summed E-state index contributed by atoms with van der Waals surface area (Å²) in [5, 5.41) is 12.6. The molecule has 2 N–H and O–H groups in total. The number of halogens is 3. The second kappa shape index (κ2) is 6.05. The van der Waals surface area contributed by atoms with Crippen molar-refractivity contribution in [2.45, 2.75) is 40.0 Å². The summed E-state index contributed by atoms with van der Waals surface area (Å²) in [7, 11) is 0. The van der Waals surface area contributed by atoms with Crippen LogP contribution in [0.3, 0.4) is 0 Å². The minimum Gasteiger partial charge on any atom is -0.392 e. The highest BCUT2D eigenvalue weighted by Crippen LogP contribution is 2.31. The number of anilines is 1. The average molecular weight is 303 g/mol. The molecule has 1 aromatic carbocycles. The molecule has 1 unspecified atom stereocenters. The first kappa shape index (κ1) is 17.5. The van der Waals surface area contributed by atoms with Gasteiger partial charge < -0.3 is 10.4 Å². The number of alkyl halides is 3. The number of aliphatic hydroxyl groups excluding tert-OH is 1. The molecule has 0 aliphatic rings. The van der Waals surface area contributed by atoms with Gasteiger partial charge in [-0.15, -0.1) is 0 Å². The Morgan fingerprint density at radius 3 is 2.00 bits per heavy atom. The van der Waals surface area contributed by atoms with E-state index in [0.717, 1.165) is 12.1 Å². The van der Waals surface area contributed by atoms with Crippen LogP contribution in [0.2, 0.25) is 0 Å². The highest BCUT2D eigenvalue weighted by molar-refractivity contribution is 5.95. The molecule has 0 saturated carbocycles. The van der Waals surface area contributed by atoms with Gasteiger partial charge in [0.05, 0.1) is 17.1 Å². The lowest BCUT2D eigenvalue weighted by Crippen LogP contribution is -2.43. The summed E-state index contributed by atoms with van der Waals surface area (Å²) in [6, 6.07) is 4.19. The fraction of sp³-hybridized carbons (Fsp3) is 0.533. The number of hydrogen-bond donors (Lipinski definition) is 2. The molecule has 0 spiro atoms. The summed E-state index contributed by atoms with van der Waals surface area (Å²) >= 11 is 0. The van der Waals surface area contributed by atoms with E-state index < -0.39 is 29.2 Å². The van der Waals surface area contributed by atoms with Crippen molar-refractivity contribution in [1.82, 2.24) is 0 Å². The van der Waals surface area contributed by atoms with Gasteiger partial charge in [0.1, 0.15) is 0 Å². The van der Waals surface area contributed by atoms with Crippen LogP contribution in [0.1, 0.15) is 33.3 Å². The number of benzene rings is 1. The Hall–Kier alpha value is -1.56. The zero-order valence-corrected chi connectivity index (χ0v) is 12.5. The van der Waals surface area contributed by atoms with Gasteiger partial charge in [-0.3, -0.25) is 4.79 Å². The van der Waals surface area contributed by atoms with Crippen LogP contribution < -0.4 is 5.32 Å². The lowest BCUT2D eigenvalue weighted by atomic mass is 9.80. The Labute approximate surface area is 122 Å². The van der Waals surface area contributed by atoms with E-state index in [0.29, 0.717) is 0 Å². The fourth-order valence-corrected chi connectivity index (χ4v) is 2.00. The SMILES string of the molecule is CC(C)C(O)C(C)(C)C(=O)Nc1ccc(C(F)(F)F)cc1. The summed E-state index contributed by atoms with van der Waals surface area (Å²) < 4.78 is 37.3. The molecule has 0 bridgehead atoms. The summed E-state index contributed by atoms with van der Waals surface area (Å²) in [5.41, 5.74) is -1.56. The van der Waals surface area contributed by atoms with Crippen LogP contribution in [-0.2, 0) is 11.0 Å². The Bertz CT molecular complexity index is 493. The molecule has 0 aromatic heterocycles. The van der Waals surface area contributed by atoms with E-state index in [2.05, 4.69) is 5.32 Å². The summed E-state index contributed by atoms with van der Waals surface area (Å²) in [5.74, 6) is -0.554. The molecular formula is C15H20F3NO2. The quantitative estimate of drug-likeness (QED) is 0.891. The Morgan fingerprint density at radius 1 is 1.14 bits per heavy atom. The predicted octanol–water partition coefficient (Wildman–Crippen LogP) is 3.69. The topological polar surface area (TPSA) is 49.3 Å². The van der Waals surface area contributed by atoms with Gasteiger partial charge in [-0.05, 0) is 44.0 Å². The molecule has 0 aliphatic heterocycles. The Morgan fingerprint density at radius 2 is 1.62 bits per heavy atom. The van der Waals surface area contributed by atoms with Crippen molar-refractivity contribution in [3.05, 3.63) is 29.8 Å². The minimum absolute atomic E-state index is 0.113. The van der Waals surface area contributed by atoms with E-state index in [1.54, 1.807) is 27.7 Å². The van der Waals surface area contributed by atoms with E-state index in [4.69, 9.17) is 0 Å². The van der Waals surface area contributed by atoms with Crippen molar-refractivity contribution in [2.75, 3.05) is 5.32 Å². The second-order valence-corrected chi connectivity index (χ2v) is 5.94. The summed E-state index contributed by atoms with van der Waals surface area (Å²) in [6.45, 7) is 6.77. The van der Waals surface area contributed by atoms with Gasteiger partial charge in [-0.1, -0.05) is 13.8 Å². The van der Waals surface area contributed by atoms with Gasteiger partial charge in [0.2, 0.25) is 5.91 Å². The van der Waals surface area contributed by atoms with Crippen LogP contribution in [0.4, 0.5) is 18.9 Å². The van der Waals surface area contributed by atoms with E-state index in [1.807, 2.05) is 0 Å². The number of nitrogens with one attached hydrogen (secondary N) is 1. The van der Waals surface area contributed by atoms with Crippen molar-refractivity contribution in [1.29, 1.82) is 0 Å². The maximum absolute atomic E-state index is 12.4. The second-order valence-electron chi connectivity index (χ2n) is 5.94. The van der Waals surface area contributed by atoms with E-state index >= 15 is 0 Å². The average Bonchev–Trinajstić information content (AvgIpc) is 2.37. The maximum atomic E-state index is 12.4. The molecule has 0 saturated heterocycles. The van der Waals surface area contributed by atoms with Gasteiger partial charge in [0, 0.05) is 5.69 Å². The Kier molecular flexibility index (Phi) is 5.04. The first-order valence-corrected chi connectivity index (χ1v) is 6.63. The molecule has 1 rings (SSSR count). The van der Waals surface area contributed by atoms with Gasteiger partial charge in [0.15, 0.2) is 0 Å². The highest BCUT2D eigenvalue weighted by Gasteiger charge is 2.37. The minimum atomic E-state index is -4.41. The van der Waals surface area contributed by atoms with Crippen LogP contribution in [0.25, 0.3) is 0 Å². The molecule has 6 heteroatoms. The summed E-state index contributed by atoms with van der Waals surface area (Å²) in [6.07, 6.45) is -5.26. The maximum Gasteiger partial charge on any atom is 0.416 e. The van der Waals surface area contributed by atoms with Gasteiger partial charge >= 0.3 is 6.18 Å². The van der Waals surface area contributed by atoms with E-state index in [9.17, 15) is 23.1 Å². The lowest BCUT2D eigenvalue weighted by Gasteiger charge is -2.31. The molecular weight excluding hydrogens is 283 g/mol. The number of rotatable bonds is 4. The zero-order valence-electron chi connectivity index (χ0n) is 12.5. The standard InChI is InChI=1S/C15H20F3NO2/c1-9(2)12(20)14(3,4)13(21)19-11-7-5-10(6-8-11)15(16,17)18/h5-9,12,20H,1-4H3,(H,19,21). The predicted molar refractivity (Wildman–Crippen MR) is 74.7 cm³/mol. The monoisotopic (exact) mass is 303 g/mol. The van der Waals surface area contributed by atoms with Crippen LogP contribution in [0.15, 0.2) is 24.3 Å². The van der Waals surface area contributed by atoms with Crippen molar-refractivity contribution in [3.63, 3.8) is 0 Å².